The number of Topliss-reactive ketones (excluding diaryl/α,β-unsaturated/α-hetero) is 1. The maximum atomic E-state index is 12.2. The molecular formula is C15H15NO4. The Morgan fingerprint density at radius 2 is 2.15 bits per heavy atom. The van der Waals surface area contributed by atoms with Gasteiger partial charge in [-0.2, -0.15) is 0 Å². The molecule has 0 aliphatic heterocycles. The number of aliphatic hydroxyl groups excluding tert-OH is 1. The van der Waals surface area contributed by atoms with Crippen LogP contribution in [0.3, 0.4) is 0 Å². The van der Waals surface area contributed by atoms with Gasteiger partial charge in [-0.3, -0.25) is 9.78 Å². The lowest BCUT2D eigenvalue weighted by Gasteiger charge is -2.29. The summed E-state index contributed by atoms with van der Waals surface area (Å²) in [5.74, 6) is -0.333. The first kappa shape index (κ1) is 13.0. The number of nitrogens with zero attached hydrogens (tertiary/aromatic N) is 1. The lowest BCUT2D eigenvalue weighted by molar-refractivity contribution is -0.0193. The summed E-state index contributed by atoms with van der Waals surface area (Å²) in [6.45, 7) is 1.84. The average molecular weight is 273 g/mol. The van der Waals surface area contributed by atoms with Crippen molar-refractivity contribution in [1.29, 1.82) is 0 Å². The van der Waals surface area contributed by atoms with E-state index >= 15 is 0 Å². The van der Waals surface area contributed by atoms with Gasteiger partial charge in [0.05, 0.1) is 11.7 Å². The third-order valence-corrected chi connectivity index (χ3v) is 3.80. The summed E-state index contributed by atoms with van der Waals surface area (Å²) in [6.07, 6.45) is 0.108. The Bertz CT molecular complexity index is 711. The van der Waals surface area contributed by atoms with Gasteiger partial charge < -0.3 is 14.9 Å². The van der Waals surface area contributed by atoms with Crippen molar-refractivity contribution >= 4 is 16.6 Å². The molecule has 20 heavy (non-hydrogen) atoms. The molecule has 0 spiro atoms. The van der Waals surface area contributed by atoms with Crippen LogP contribution in [0.2, 0.25) is 0 Å². The van der Waals surface area contributed by atoms with Crippen molar-refractivity contribution in [3.05, 3.63) is 35.2 Å². The zero-order valence-electron chi connectivity index (χ0n) is 11.3. The number of benzene rings is 1. The van der Waals surface area contributed by atoms with E-state index in [1.807, 2.05) is 13.0 Å². The first-order chi connectivity index (χ1) is 9.52. The highest BCUT2D eigenvalue weighted by atomic mass is 16.5. The van der Waals surface area contributed by atoms with Crippen LogP contribution in [0.1, 0.15) is 34.1 Å². The minimum absolute atomic E-state index is 0.0586. The number of methoxy groups -OCH3 is 1. The van der Waals surface area contributed by atoms with Gasteiger partial charge in [0.15, 0.2) is 5.78 Å². The predicted molar refractivity (Wildman–Crippen MR) is 72.8 cm³/mol. The van der Waals surface area contributed by atoms with Crippen LogP contribution in [0.5, 0.6) is 5.75 Å². The first-order valence-electron chi connectivity index (χ1n) is 6.39. The Morgan fingerprint density at radius 1 is 1.40 bits per heavy atom. The van der Waals surface area contributed by atoms with Crippen molar-refractivity contribution in [3.63, 3.8) is 0 Å². The topological polar surface area (TPSA) is 79.7 Å². The van der Waals surface area contributed by atoms with E-state index in [-0.39, 0.29) is 23.5 Å². The number of pyridine rings is 1. The molecule has 5 heteroatoms. The maximum absolute atomic E-state index is 12.2. The Balaban J connectivity index is 2.32. The normalized spacial score (nSPS) is 22.1. The number of ether oxygens (including phenoxy) is 1. The smallest absolute Gasteiger partial charge is 0.169 e. The van der Waals surface area contributed by atoms with E-state index in [1.165, 1.54) is 7.11 Å². The largest absolute Gasteiger partial charge is 0.506 e. The number of phenolic OH excluding ortho intramolecular Hbond substituents is 1. The molecule has 1 aromatic heterocycles. The Hall–Kier alpha value is -1.98. The third kappa shape index (κ3) is 1.78. The molecule has 0 unspecified atom stereocenters. The molecule has 1 heterocycles. The number of aromatic nitrogens is 1. The Morgan fingerprint density at radius 3 is 2.85 bits per heavy atom. The van der Waals surface area contributed by atoms with Gasteiger partial charge in [0.2, 0.25) is 0 Å². The number of aryl methyl sites for hydroxylation is 1. The summed E-state index contributed by atoms with van der Waals surface area (Å²) in [6, 6.07) is 3.54. The predicted octanol–water partition coefficient (Wildman–Crippen LogP) is 1.88. The molecule has 1 aliphatic rings. The van der Waals surface area contributed by atoms with Gasteiger partial charge in [0.1, 0.15) is 11.9 Å². The molecule has 0 amide bonds. The van der Waals surface area contributed by atoms with Gasteiger partial charge in [-0.1, -0.05) is 0 Å². The SMILES string of the molecule is CO[C@@H]1CC(=O)c2c(cc3cc(C)ncc3c2O)[C@@H]1O. The molecule has 2 atom stereocenters. The molecule has 0 bridgehead atoms. The highest BCUT2D eigenvalue weighted by Gasteiger charge is 2.35. The maximum Gasteiger partial charge on any atom is 0.169 e. The highest BCUT2D eigenvalue weighted by molar-refractivity contribution is 6.07. The number of phenols is 1. The van der Waals surface area contributed by atoms with Gasteiger partial charge >= 0.3 is 0 Å². The van der Waals surface area contributed by atoms with Crippen molar-refractivity contribution in [2.24, 2.45) is 0 Å². The summed E-state index contributed by atoms with van der Waals surface area (Å²) >= 11 is 0. The van der Waals surface area contributed by atoms with Crippen LogP contribution in [0.25, 0.3) is 10.8 Å². The molecule has 0 radical (unpaired) electrons. The zero-order valence-corrected chi connectivity index (χ0v) is 11.3. The fourth-order valence-corrected chi connectivity index (χ4v) is 2.74. The van der Waals surface area contributed by atoms with E-state index in [4.69, 9.17) is 4.74 Å². The number of fused-ring (bicyclic) bond motifs is 2. The molecule has 2 N–H and O–H groups in total. The molecule has 5 nitrogen and oxygen atoms in total. The van der Waals surface area contributed by atoms with Gasteiger partial charge in [-0.15, -0.1) is 0 Å². The summed E-state index contributed by atoms with van der Waals surface area (Å²) in [5.41, 5.74) is 1.41. The minimum atomic E-state index is -0.920. The molecule has 0 fully saturated rings. The lowest BCUT2D eigenvalue weighted by Crippen LogP contribution is -2.30. The Kier molecular flexibility index (Phi) is 2.96. The number of hydrogen-bond acceptors (Lipinski definition) is 5. The number of aliphatic hydroxyl groups is 1. The monoisotopic (exact) mass is 273 g/mol. The number of rotatable bonds is 1. The quantitative estimate of drug-likeness (QED) is 0.829. The van der Waals surface area contributed by atoms with Gasteiger partial charge in [0.25, 0.3) is 0 Å². The second kappa shape index (κ2) is 4.54. The van der Waals surface area contributed by atoms with E-state index in [1.54, 1.807) is 12.3 Å². The van der Waals surface area contributed by atoms with Crippen LogP contribution in [-0.4, -0.2) is 34.2 Å². The fourth-order valence-electron chi connectivity index (χ4n) is 2.74. The molecule has 3 rings (SSSR count). The number of carbonyl (C=O) groups excluding carboxylic acids is 1. The van der Waals surface area contributed by atoms with Crippen molar-refractivity contribution in [2.75, 3.05) is 7.11 Å². The van der Waals surface area contributed by atoms with E-state index in [9.17, 15) is 15.0 Å². The van der Waals surface area contributed by atoms with Crippen LogP contribution in [0.15, 0.2) is 18.3 Å². The van der Waals surface area contributed by atoms with Crippen LogP contribution < -0.4 is 0 Å². The molecule has 0 saturated heterocycles. The second-order valence-electron chi connectivity index (χ2n) is 5.08. The van der Waals surface area contributed by atoms with Crippen LogP contribution in [0.4, 0.5) is 0 Å². The van der Waals surface area contributed by atoms with Crippen molar-refractivity contribution in [1.82, 2.24) is 4.98 Å². The fraction of sp³-hybridized carbons (Fsp3) is 0.333. The lowest BCUT2D eigenvalue weighted by atomic mass is 9.84. The van der Waals surface area contributed by atoms with Crippen molar-refractivity contribution in [2.45, 2.75) is 25.6 Å². The molecular weight excluding hydrogens is 258 g/mol. The highest BCUT2D eigenvalue weighted by Crippen LogP contribution is 2.40. The van der Waals surface area contributed by atoms with Crippen LogP contribution in [0, 0.1) is 6.92 Å². The van der Waals surface area contributed by atoms with E-state index in [0.717, 1.165) is 11.1 Å². The summed E-state index contributed by atoms with van der Waals surface area (Å²) in [7, 11) is 1.46. The van der Waals surface area contributed by atoms with Crippen LogP contribution >= 0.6 is 0 Å². The molecule has 104 valence electrons. The molecule has 1 aliphatic carbocycles. The van der Waals surface area contributed by atoms with Gasteiger partial charge in [-0.05, 0) is 30.0 Å². The van der Waals surface area contributed by atoms with Crippen molar-refractivity contribution < 1.29 is 19.7 Å². The Labute approximate surface area is 115 Å². The van der Waals surface area contributed by atoms with Gasteiger partial charge in [-0.25, -0.2) is 0 Å². The number of aromatic hydroxyl groups is 1. The first-order valence-corrected chi connectivity index (χ1v) is 6.39. The van der Waals surface area contributed by atoms with Gasteiger partial charge in [0, 0.05) is 30.8 Å². The average Bonchev–Trinajstić information content (AvgIpc) is 2.42. The van der Waals surface area contributed by atoms with E-state index in [0.29, 0.717) is 10.9 Å². The standard InChI is InChI=1S/C15H15NO4/c1-7-3-8-4-9-13(15(19)10(8)6-16-7)11(17)5-12(20-2)14(9)18/h3-4,6,12,14,18-19H,5H2,1-2H3/t12-,14+/m1/s1. The second-order valence-corrected chi connectivity index (χ2v) is 5.08. The van der Waals surface area contributed by atoms with E-state index in [2.05, 4.69) is 4.98 Å². The molecule has 1 aromatic carbocycles. The summed E-state index contributed by atoms with van der Waals surface area (Å²) < 4.78 is 5.14. The minimum Gasteiger partial charge on any atom is -0.506 e. The van der Waals surface area contributed by atoms with E-state index < -0.39 is 12.2 Å². The number of hydrogen-bond donors (Lipinski definition) is 2. The third-order valence-electron chi connectivity index (χ3n) is 3.80. The molecule has 0 saturated carbocycles. The molecule has 2 aromatic rings. The summed E-state index contributed by atoms with van der Waals surface area (Å²) in [4.78, 5) is 16.3. The zero-order chi connectivity index (χ0) is 14.4. The number of carbonyl (C=O) groups is 1. The number of ketones is 1. The van der Waals surface area contributed by atoms with Crippen molar-refractivity contribution in [3.8, 4) is 5.75 Å². The summed E-state index contributed by atoms with van der Waals surface area (Å²) in [5, 5.41) is 21.9. The van der Waals surface area contributed by atoms with Crippen LogP contribution in [-0.2, 0) is 4.74 Å².